The van der Waals surface area contributed by atoms with Gasteiger partial charge in [0.05, 0.1) is 11.5 Å². The summed E-state index contributed by atoms with van der Waals surface area (Å²) >= 11 is 0. The zero-order valence-corrected chi connectivity index (χ0v) is 16.6. The molecule has 0 radical (unpaired) electrons. The van der Waals surface area contributed by atoms with E-state index in [0.29, 0.717) is 35.7 Å². The first-order valence-corrected chi connectivity index (χ1v) is 9.57. The average molecular weight is 419 g/mol. The van der Waals surface area contributed by atoms with Crippen LogP contribution >= 0.6 is 0 Å². The molecule has 31 heavy (non-hydrogen) atoms. The number of carbonyl (C=O) groups is 2. The van der Waals surface area contributed by atoms with Crippen molar-refractivity contribution in [3.8, 4) is 0 Å². The van der Waals surface area contributed by atoms with E-state index < -0.39 is 4.92 Å². The van der Waals surface area contributed by atoms with E-state index in [9.17, 15) is 19.7 Å². The van der Waals surface area contributed by atoms with Gasteiger partial charge in [-0.3, -0.25) is 19.7 Å². The molecule has 3 N–H and O–H groups in total. The molecule has 9 heteroatoms. The number of amides is 1. The highest BCUT2D eigenvalue weighted by Gasteiger charge is 2.09. The monoisotopic (exact) mass is 419 g/mol. The average Bonchev–Trinajstić information content (AvgIpc) is 2.80. The van der Waals surface area contributed by atoms with Crippen LogP contribution in [0.15, 0.2) is 72.9 Å². The number of anilines is 2. The molecule has 0 aliphatic heterocycles. The van der Waals surface area contributed by atoms with Crippen LogP contribution in [0.3, 0.4) is 0 Å². The van der Waals surface area contributed by atoms with Gasteiger partial charge in [-0.15, -0.1) is 0 Å². The molecule has 0 saturated carbocycles. The van der Waals surface area contributed by atoms with Gasteiger partial charge in [-0.2, -0.15) is 0 Å². The lowest BCUT2D eigenvalue weighted by Crippen LogP contribution is -2.31. The summed E-state index contributed by atoms with van der Waals surface area (Å²) in [6, 6.07) is 18.6. The molecule has 0 bridgehead atoms. The largest absolute Gasteiger partial charge is 0.369 e. The van der Waals surface area contributed by atoms with Crippen molar-refractivity contribution in [1.29, 1.82) is 0 Å². The summed E-state index contributed by atoms with van der Waals surface area (Å²) in [5, 5.41) is 19.4. The molecule has 9 nitrogen and oxygen atoms in total. The smallest absolute Gasteiger partial charge is 0.287 e. The molecule has 0 spiro atoms. The van der Waals surface area contributed by atoms with Gasteiger partial charge in [0.15, 0.2) is 5.78 Å². The molecule has 0 atom stereocenters. The lowest BCUT2D eigenvalue weighted by atomic mass is 10.0. The quantitative estimate of drug-likeness (QED) is 0.200. The van der Waals surface area contributed by atoms with E-state index in [1.165, 1.54) is 18.3 Å². The lowest BCUT2D eigenvalue weighted by molar-refractivity contribution is -0.385. The van der Waals surface area contributed by atoms with Gasteiger partial charge in [0.25, 0.3) is 5.69 Å². The fraction of sp³-hybridized carbons (Fsp3) is 0.136. The van der Waals surface area contributed by atoms with Gasteiger partial charge in [-0.1, -0.05) is 30.3 Å². The Bertz CT molecular complexity index is 1040. The molecule has 158 valence electrons. The number of ketones is 1. The number of nitro groups is 1. The first-order valence-electron chi connectivity index (χ1n) is 9.57. The fourth-order valence-electron chi connectivity index (χ4n) is 2.75. The standard InChI is InChI=1S/C22H21N5O4/c28-21(15-23-12-13-24-20-11-10-19(14-25-20)27(30)31)26-18-8-6-17(7-9-18)22(29)16-4-2-1-3-5-16/h1-11,14,23H,12-13,15H2,(H,24,25)(H,26,28). The van der Waals surface area contributed by atoms with Crippen LogP contribution < -0.4 is 16.0 Å². The molecule has 2 aromatic carbocycles. The van der Waals surface area contributed by atoms with Crippen LogP contribution in [-0.4, -0.2) is 41.2 Å². The number of nitrogens with zero attached hydrogens (tertiary/aromatic N) is 2. The number of benzene rings is 2. The highest BCUT2D eigenvalue weighted by molar-refractivity contribution is 6.09. The molecule has 3 rings (SSSR count). The fourth-order valence-corrected chi connectivity index (χ4v) is 2.75. The molecule has 0 aliphatic rings. The number of aromatic nitrogens is 1. The molecule has 1 amide bonds. The molecule has 0 aliphatic carbocycles. The Morgan fingerprint density at radius 3 is 2.26 bits per heavy atom. The molecule has 3 aromatic rings. The maximum absolute atomic E-state index is 12.4. The Hall–Kier alpha value is -4.11. The summed E-state index contributed by atoms with van der Waals surface area (Å²) in [7, 11) is 0. The van der Waals surface area contributed by atoms with E-state index in [2.05, 4.69) is 20.9 Å². The number of carbonyl (C=O) groups excluding carboxylic acids is 2. The molecule has 1 aromatic heterocycles. The van der Waals surface area contributed by atoms with Crippen molar-refractivity contribution in [3.05, 3.63) is 94.2 Å². The van der Waals surface area contributed by atoms with Crippen LogP contribution in [0.2, 0.25) is 0 Å². The Morgan fingerprint density at radius 2 is 1.61 bits per heavy atom. The number of nitrogens with one attached hydrogen (secondary N) is 3. The van der Waals surface area contributed by atoms with E-state index in [1.807, 2.05) is 18.2 Å². The number of hydrogen-bond acceptors (Lipinski definition) is 7. The zero-order valence-electron chi connectivity index (χ0n) is 16.6. The predicted molar refractivity (Wildman–Crippen MR) is 117 cm³/mol. The minimum absolute atomic E-state index is 0.0715. The normalized spacial score (nSPS) is 10.3. The molecule has 1 heterocycles. The van der Waals surface area contributed by atoms with Crippen LogP contribution in [0.5, 0.6) is 0 Å². The number of pyridine rings is 1. The zero-order chi connectivity index (χ0) is 22.1. The van der Waals surface area contributed by atoms with Crippen molar-refractivity contribution in [2.24, 2.45) is 0 Å². The van der Waals surface area contributed by atoms with E-state index in [0.717, 1.165) is 0 Å². The molecular weight excluding hydrogens is 398 g/mol. The van der Waals surface area contributed by atoms with Gasteiger partial charge < -0.3 is 16.0 Å². The highest BCUT2D eigenvalue weighted by atomic mass is 16.6. The van der Waals surface area contributed by atoms with Gasteiger partial charge >= 0.3 is 0 Å². The maximum atomic E-state index is 12.4. The van der Waals surface area contributed by atoms with E-state index >= 15 is 0 Å². The number of rotatable bonds is 10. The van der Waals surface area contributed by atoms with Crippen molar-refractivity contribution in [2.45, 2.75) is 0 Å². The maximum Gasteiger partial charge on any atom is 0.287 e. The van der Waals surface area contributed by atoms with Crippen LogP contribution in [-0.2, 0) is 4.79 Å². The minimum Gasteiger partial charge on any atom is -0.369 e. The van der Waals surface area contributed by atoms with E-state index in [4.69, 9.17) is 0 Å². The van der Waals surface area contributed by atoms with Gasteiger partial charge in [-0.25, -0.2) is 4.98 Å². The van der Waals surface area contributed by atoms with E-state index in [-0.39, 0.29) is 23.9 Å². The lowest BCUT2D eigenvalue weighted by Gasteiger charge is -2.09. The molecule has 0 unspecified atom stereocenters. The first kappa shape index (κ1) is 21.6. The van der Waals surface area contributed by atoms with Crippen molar-refractivity contribution < 1.29 is 14.5 Å². The van der Waals surface area contributed by atoms with Crippen LogP contribution in [0, 0.1) is 10.1 Å². The second-order valence-corrected chi connectivity index (χ2v) is 6.58. The Balaban J connectivity index is 1.37. The predicted octanol–water partition coefficient (Wildman–Crippen LogP) is 2.86. The van der Waals surface area contributed by atoms with Crippen LogP contribution in [0.1, 0.15) is 15.9 Å². The first-order chi connectivity index (χ1) is 15.0. The summed E-state index contributed by atoms with van der Waals surface area (Å²) in [5.41, 5.74) is 1.69. The third-order valence-corrected chi connectivity index (χ3v) is 4.32. The second-order valence-electron chi connectivity index (χ2n) is 6.58. The van der Waals surface area contributed by atoms with Crippen molar-refractivity contribution in [1.82, 2.24) is 10.3 Å². The minimum atomic E-state index is -0.508. The van der Waals surface area contributed by atoms with Crippen LogP contribution in [0.25, 0.3) is 0 Å². The summed E-state index contributed by atoms with van der Waals surface area (Å²) < 4.78 is 0. The van der Waals surface area contributed by atoms with Gasteiger partial charge in [0.2, 0.25) is 5.91 Å². The topological polar surface area (TPSA) is 126 Å². The second kappa shape index (κ2) is 10.6. The highest BCUT2D eigenvalue weighted by Crippen LogP contribution is 2.14. The van der Waals surface area contributed by atoms with Gasteiger partial charge in [0.1, 0.15) is 12.0 Å². The summed E-state index contributed by atoms with van der Waals surface area (Å²) in [6.45, 7) is 1.10. The van der Waals surface area contributed by atoms with Gasteiger partial charge in [-0.05, 0) is 30.3 Å². The Labute approximate surface area is 178 Å². The number of hydrogen-bond donors (Lipinski definition) is 3. The van der Waals surface area contributed by atoms with Crippen molar-refractivity contribution >= 4 is 28.9 Å². The van der Waals surface area contributed by atoms with Crippen LogP contribution in [0.4, 0.5) is 17.2 Å². The van der Waals surface area contributed by atoms with Crippen molar-refractivity contribution in [3.63, 3.8) is 0 Å². The van der Waals surface area contributed by atoms with E-state index in [1.54, 1.807) is 36.4 Å². The van der Waals surface area contributed by atoms with Gasteiger partial charge in [0, 0.05) is 36.0 Å². The Kier molecular flexibility index (Phi) is 7.39. The molecule has 0 fully saturated rings. The van der Waals surface area contributed by atoms with Crippen molar-refractivity contribution in [2.75, 3.05) is 30.3 Å². The third kappa shape index (κ3) is 6.44. The summed E-state index contributed by atoms with van der Waals surface area (Å²) in [4.78, 5) is 38.5. The summed E-state index contributed by atoms with van der Waals surface area (Å²) in [5.74, 6) is 0.229. The molecular formula is C22H21N5O4. The summed E-state index contributed by atoms with van der Waals surface area (Å²) in [6.07, 6.45) is 1.18. The SMILES string of the molecule is O=C(CNCCNc1ccc([N+](=O)[O-])cn1)Nc1ccc(C(=O)c2ccccc2)cc1. The Morgan fingerprint density at radius 1 is 0.903 bits per heavy atom. The third-order valence-electron chi connectivity index (χ3n) is 4.32. The molecule has 0 saturated heterocycles.